The molecule has 0 radical (unpaired) electrons. The van der Waals surface area contributed by atoms with Crippen LogP contribution in [0.2, 0.25) is 10.0 Å². The van der Waals surface area contributed by atoms with Crippen LogP contribution in [-0.2, 0) is 0 Å². The second-order valence-corrected chi connectivity index (χ2v) is 9.65. The van der Waals surface area contributed by atoms with Gasteiger partial charge in [-0.3, -0.25) is 9.59 Å². The molecule has 174 valence electrons. The lowest BCUT2D eigenvalue weighted by Gasteiger charge is -2.14. The molecule has 0 fully saturated rings. The second-order valence-electron chi connectivity index (χ2n) is 7.41. The molecule has 1 unspecified atom stereocenters. The summed E-state index contributed by atoms with van der Waals surface area (Å²) in [5, 5.41) is 12.3. The summed E-state index contributed by atoms with van der Waals surface area (Å²) in [6.07, 6.45) is 0. The van der Waals surface area contributed by atoms with Crippen molar-refractivity contribution in [2.45, 2.75) is 5.25 Å². The molecule has 0 aliphatic carbocycles. The SMILES string of the molecule is N#Cc1c(-c2cccc(Br)c2)nc(C(S)c2cccc(NC(=O)c3ccc(Cl)c(Cl)c3)c2)[nH]c1=O. The fourth-order valence-corrected chi connectivity index (χ4v) is 4.33. The van der Waals surface area contributed by atoms with E-state index < -0.39 is 10.8 Å². The van der Waals surface area contributed by atoms with E-state index in [1.54, 1.807) is 54.6 Å². The minimum absolute atomic E-state index is 0.0879. The van der Waals surface area contributed by atoms with Gasteiger partial charge in [-0.1, -0.05) is 63.4 Å². The molecule has 0 bridgehead atoms. The molecule has 2 N–H and O–H groups in total. The lowest BCUT2D eigenvalue weighted by atomic mass is 10.1. The molecular formula is C25H15BrCl2N4O2S. The number of nitrogens with zero attached hydrogens (tertiary/aromatic N) is 2. The predicted octanol–water partition coefficient (Wildman–Crippen LogP) is 6.65. The van der Waals surface area contributed by atoms with E-state index in [2.05, 4.69) is 43.8 Å². The van der Waals surface area contributed by atoms with Gasteiger partial charge in [0.1, 0.15) is 17.5 Å². The Morgan fingerprint density at radius 1 is 1.09 bits per heavy atom. The Balaban J connectivity index is 1.66. The Hall–Kier alpha value is -3.09. The van der Waals surface area contributed by atoms with Crippen LogP contribution in [0.4, 0.5) is 5.69 Å². The van der Waals surface area contributed by atoms with Crippen molar-refractivity contribution in [1.29, 1.82) is 5.26 Å². The summed E-state index contributed by atoms with van der Waals surface area (Å²) in [6, 6.07) is 20.7. The number of halogens is 3. The molecular weight excluding hydrogens is 571 g/mol. The van der Waals surface area contributed by atoms with Crippen molar-refractivity contribution >= 4 is 63.4 Å². The van der Waals surface area contributed by atoms with Gasteiger partial charge in [-0.05, 0) is 48.0 Å². The third-order valence-corrected chi connectivity index (χ3v) is 6.82. The average Bonchev–Trinajstić information content (AvgIpc) is 2.84. The highest BCUT2D eigenvalue weighted by Gasteiger charge is 2.19. The largest absolute Gasteiger partial charge is 0.322 e. The standard InChI is InChI=1S/C25H15BrCl2N4O2S/c26-16-5-1-3-13(9-16)21-18(12-29)25(34)32-23(31-21)22(35)14-4-2-6-17(10-14)30-24(33)15-7-8-19(27)20(28)11-15/h1-11,22,35H,(H,30,33)(H,31,32,34). The molecule has 10 heteroatoms. The minimum atomic E-state index is -0.636. The fourth-order valence-electron chi connectivity index (χ4n) is 3.35. The molecule has 0 aliphatic heterocycles. The van der Waals surface area contributed by atoms with Crippen LogP contribution in [0.5, 0.6) is 0 Å². The van der Waals surface area contributed by atoms with Crippen molar-refractivity contribution in [2.75, 3.05) is 5.32 Å². The van der Waals surface area contributed by atoms with E-state index in [0.29, 0.717) is 27.4 Å². The van der Waals surface area contributed by atoms with E-state index >= 15 is 0 Å². The summed E-state index contributed by atoms with van der Waals surface area (Å²) in [7, 11) is 0. The highest BCUT2D eigenvalue weighted by molar-refractivity contribution is 9.10. The number of H-pyrrole nitrogens is 1. The maximum Gasteiger partial charge on any atom is 0.269 e. The summed E-state index contributed by atoms with van der Waals surface area (Å²) in [5.74, 6) is -0.0986. The summed E-state index contributed by atoms with van der Waals surface area (Å²) < 4.78 is 0.787. The Morgan fingerprint density at radius 2 is 1.86 bits per heavy atom. The molecule has 6 nitrogen and oxygen atoms in total. The number of carbonyl (C=O) groups excluding carboxylic acids is 1. The number of amides is 1. The molecule has 1 amide bonds. The van der Waals surface area contributed by atoms with E-state index in [0.717, 1.165) is 4.47 Å². The van der Waals surface area contributed by atoms with E-state index in [1.807, 2.05) is 12.1 Å². The van der Waals surface area contributed by atoms with E-state index in [9.17, 15) is 14.9 Å². The first-order valence-electron chi connectivity index (χ1n) is 10.1. The van der Waals surface area contributed by atoms with Gasteiger partial charge in [-0.15, -0.1) is 0 Å². The maximum absolute atomic E-state index is 12.7. The number of nitriles is 1. The lowest BCUT2D eigenvalue weighted by Crippen LogP contribution is -2.18. The molecule has 3 aromatic carbocycles. The van der Waals surface area contributed by atoms with Gasteiger partial charge in [0.15, 0.2) is 0 Å². The average molecular weight is 586 g/mol. The smallest absolute Gasteiger partial charge is 0.269 e. The zero-order chi connectivity index (χ0) is 25.1. The quantitative estimate of drug-likeness (QED) is 0.228. The first-order valence-corrected chi connectivity index (χ1v) is 12.2. The van der Waals surface area contributed by atoms with Crippen molar-refractivity contribution in [3.05, 3.63) is 114 Å². The number of thiol groups is 1. The number of benzene rings is 3. The number of aromatic nitrogens is 2. The van der Waals surface area contributed by atoms with Gasteiger partial charge in [-0.25, -0.2) is 4.98 Å². The first-order chi connectivity index (χ1) is 16.8. The van der Waals surface area contributed by atoms with Crippen molar-refractivity contribution in [2.24, 2.45) is 0 Å². The highest BCUT2D eigenvalue weighted by atomic mass is 79.9. The summed E-state index contributed by atoms with van der Waals surface area (Å²) in [6.45, 7) is 0. The van der Waals surface area contributed by atoms with Gasteiger partial charge < -0.3 is 10.3 Å². The Morgan fingerprint density at radius 3 is 2.57 bits per heavy atom. The van der Waals surface area contributed by atoms with Gasteiger partial charge in [0.05, 0.1) is 21.0 Å². The summed E-state index contributed by atoms with van der Waals surface area (Å²) in [5.41, 5.74) is 1.77. The molecule has 1 atom stereocenters. The maximum atomic E-state index is 12.7. The zero-order valence-electron chi connectivity index (χ0n) is 17.7. The van der Waals surface area contributed by atoms with E-state index in [1.165, 1.54) is 6.07 Å². The Labute approximate surface area is 224 Å². The van der Waals surface area contributed by atoms with Crippen LogP contribution in [0.3, 0.4) is 0 Å². The Kier molecular flexibility index (Phi) is 7.63. The van der Waals surface area contributed by atoms with Gasteiger partial charge in [-0.2, -0.15) is 17.9 Å². The van der Waals surface area contributed by atoms with Crippen molar-refractivity contribution in [1.82, 2.24) is 9.97 Å². The summed E-state index contributed by atoms with van der Waals surface area (Å²) in [4.78, 5) is 32.5. The fraction of sp³-hybridized carbons (Fsp3) is 0.0400. The topological polar surface area (TPSA) is 98.6 Å². The van der Waals surface area contributed by atoms with Crippen LogP contribution in [0.15, 0.2) is 76.0 Å². The molecule has 0 aliphatic rings. The number of nitrogens with one attached hydrogen (secondary N) is 2. The molecule has 4 rings (SSSR count). The van der Waals surface area contributed by atoms with E-state index in [4.69, 9.17) is 23.2 Å². The number of hydrogen-bond acceptors (Lipinski definition) is 5. The van der Waals surface area contributed by atoms with Crippen LogP contribution in [0, 0.1) is 11.3 Å². The molecule has 0 saturated carbocycles. The van der Waals surface area contributed by atoms with Crippen molar-refractivity contribution in [3.63, 3.8) is 0 Å². The number of aromatic amines is 1. The molecule has 0 spiro atoms. The first kappa shape index (κ1) is 25.0. The molecule has 4 aromatic rings. The van der Waals surface area contributed by atoms with Crippen LogP contribution in [-0.4, -0.2) is 15.9 Å². The third kappa shape index (κ3) is 5.60. The van der Waals surface area contributed by atoms with Crippen LogP contribution < -0.4 is 10.9 Å². The molecule has 0 saturated heterocycles. The third-order valence-electron chi connectivity index (χ3n) is 5.05. The zero-order valence-corrected chi connectivity index (χ0v) is 21.7. The Bertz CT molecular complexity index is 1550. The second kappa shape index (κ2) is 10.7. The van der Waals surface area contributed by atoms with Gasteiger partial charge in [0.2, 0.25) is 0 Å². The number of rotatable bonds is 5. The molecule has 1 heterocycles. The normalized spacial score (nSPS) is 11.5. The predicted molar refractivity (Wildman–Crippen MR) is 144 cm³/mol. The molecule has 35 heavy (non-hydrogen) atoms. The lowest BCUT2D eigenvalue weighted by molar-refractivity contribution is 0.102. The number of anilines is 1. The summed E-state index contributed by atoms with van der Waals surface area (Å²) >= 11 is 20.0. The van der Waals surface area contributed by atoms with Gasteiger partial charge in [0, 0.05) is 21.3 Å². The van der Waals surface area contributed by atoms with Gasteiger partial charge >= 0.3 is 0 Å². The van der Waals surface area contributed by atoms with Crippen LogP contribution in [0.1, 0.15) is 32.6 Å². The van der Waals surface area contributed by atoms with Crippen LogP contribution >= 0.6 is 51.8 Å². The number of carbonyl (C=O) groups is 1. The van der Waals surface area contributed by atoms with Crippen molar-refractivity contribution < 1.29 is 4.79 Å². The minimum Gasteiger partial charge on any atom is -0.322 e. The van der Waals surface area contributed by atoms with Gasteiger partial charge in [0.25, 0.3) is 11.5 Å². The molecule has 1 aromatic heterocycles. The highest BCUT2D eigenvalue weighted by Crippen LogP contribution is 2.30. The number of hydrogen-bond donors (Lipinski definition) is 3. The van der Waals surface area contributed by atoms with E-state index in [-0.39, 0.29) is 28.0 Å². The van der Waals surface area contributed by atoms with Crippen LogP contribution in [0.25, 0.3) is 11.3 Å². The van der Waals surface area contributed by atoms with Crippen molar-refractivity contribution in [3.8, 4) is 17.3 Å². The monoisotopic (exact) mass is 584 g/mol.